The number of rotatable bonds is 1. The molecule has 0 unspecified atom stereocenters. The van der Waals surface area contributed by atoms with E-state index >= 15 is 0 Å². The number of furan rings is 1. The second-order valence-electron chi connectivity index (χ2n) is 1.97. The van der Waals surface area contributed by atoms with Crippen molar-refractivity contribution in [3.05, 3.63) is 22.2 Å². The van der Waals surface area contributed by atoms with Crippen molar-refractivity contribution in [3.63, 3.8) is 0 Å². The van der Waals surface area contributed by atoms with E-state index in [-0.39, 0.29) is 5.35 Å². The first-order valence-corrected chi connectivity index (χ1v) is 4.17. The SMILES string of the molecule is Clc1nc(-c2occc2Br)no1. The van der Waals surface area contributed by atoms with E-state index in [4.69, 9.17) is 16.0 Å². The highest BCUT2D eigenvalue weighted by Gasteiger charge is 2.12. The Balaban J connectivity index is 2.50. The highest BCUT2D eigenvalue weighted by molar-refractivity contribution is 9.10. The lowest BCUT2D eigenvalue weighted by molar-refractivity contribution is 0.418. The maximum Gasteiger partial charge on any atom is 0.320 e. The minimum atomic E-state index is -0.00620. The Labute approximate surface area is 80.6 Å². The van der Waals surface area contributed by atoms with E-state index in [2.05, 4.69) is 30.6 Å². The Hall–Kier alpha value is -0.810. The van der Waals surface area contributed by atoms with Crippen LogP contribution in [0.5, 0.6) is 0 Å². The Morgan fingerprint density at radius 2 is 2.33 bits per heavy atom. The van der Waals surface area contributed by atoms with Gasteiger partial charge in [-0.1, -0.05) is 5.16 Å². The van der Waals surface area contributed by atoms with E-state index in [1.807, 2.05) is 0 Å². The molecule has 0 radical (unpaired) electrons. The average Bonchev–Trinajstić information content (AvgIpc) is 2.58. The van der Waals surface area contributed by atoms with Gasteiger partial charge in [-0.25, -0.2) is 0 Å². The summed E-state index contributed by atoms with van der Waals surface area (Å²) in [7, 11) is 0. The van der Waals surface area contributed by atoms with Gasteiger partial charge in [0.25, 0.3) is 0 Å². The molecule has 2 rings (SSSR count). The molecule has 2 aromatic rings. The van der Waals surface area contributed by atoms with Crippen LogP contribution in [-0.4, -0.2) is 10.1 Å². The zero-order valence-corrected chi connectivity index (χ0v) is 7.96. The van der Waals surface area contributed by atoms with Gasteiger partial charge in [0, 0.05) is 0 Å². The van der Waals surface area contributed by atoms with Crippen LogP contribution in [0.25, 0.3) is 11.6 Å². The van der Waals surface area contributed by atoms with E-state index in [9.17, 15) is 0 Å². The summed E-state index contributed by atoms with van der Waals surface area (Å²) in [5.74, 6) is 0.836. The van der Waals surface area contributed by atoms with Crippen LogP contribution >= 0.6 is 27.5 Å². The van der Waals surface area contributed by atoms with Gasteiger partial charge in [0.1, 0.15) is 0 Å². The van der Waals surface area contributed by atoms with Crippen molar-refractivity contribution < 1.29 is 8.94 Å². The summed E-state index contributed by atoms with van der Waals surface area (Å²) in [6.45, 7) is 0. The van der Waals surface area contributed by atoms with Crippen molar-refractivity contribution >= 4 is 27.5 Å². The normalized spacial score (nSPS) is 10.5. The van der Waals surface area contributed by atoms with E-state index in [0.29, 0.717) is 11.6 Å². The largest absolute Gasteiger partial charge is 0.460 e. The molecule has 0 amide bonds. The summed E-state index contributed by atoms with van der Waals surface area (Å²) >= 11 is 8.69. The molecule has 0 saturated carbocycles. The van der Waals surface area contributed by atoms with Crippen molar-refractivity contribution in [2.24, 2.45) is 0 Å². The van der Waals surface area contributed by atoms with E-state index in [1.54, 1.807) is 6.07 Å². The number of halogens is 2. The second kappa shape index (κ2) is 2.91. The maximum absolute atomic E-state index is 5.43. The van der Waals surface area contributed by atoms with Crippen LogP contribution in [0.2, 0.25) is 5.35 Å². The van der Waals surface area contributed by atoms with Crippen molar-refractivity contribution in [1.29, 1.82) is 0 Å². The lowest BCUT2D eigenvalue weighted by atomic mass is 10.4. The van der Waals surface area contributed by atoms with Crippen LogP contribution in [0.1, 0.15) is 0 Å². The fourth-order valence-corrected chi connectivity index (χ4v) is 1.24. The number of hydrogen-bond acceptors (Lipinski definition) is 4. The molecule has 0 fully saturated rings. The van der Waals surface area contributed by atoms with Crippen LogP contribution < -0.4 is 0 Å². The average molecular weight is 249 g/mol. The van der Waals surface area contributed by atoms with Crippen LogP contribution in [0.4, 0.5) is 0 Å². The summed E-state index contributed by atoms with van der Waals surface area (Å²) in [5, 5.41) is 3.57. The number of aromatic nitrogens is 2. The third-order valence-electron chi connectivity index (χ3n) is 1.22. The topological polar surface area (TPSA) is 52.1 Å². The molecule has 62 valence electrons. The van der Waals surface area contributed by atoms with Gasteiger partial charge in [-0.3, -0.25) is 0 Å². The van der Waals surface area contributed by atoms with Gasteiger partial charge >= 0.3 is 5.35 Å². The molecule has 12 heavy (non-hydrogen) atoms. The summed E-state index contributed by atoms with van der Waals surface area (Å²) in [5.41, 5.74) is 0. The van der Waals surface area contributed by atoms with Crippen molar-refractivity contribution in [2.75, 3.05) is 0 Å². The molecule has 0 aromatic carbocycles. The van der Waals surface area contributed by atoms with Gasteiger partial charge < -0.3 is 8.94 Å². The number of nitrogens with zero attached hydrogens (tertiary/aromatic N) is 2. The molecule has 0 aliphatic rings. The maximum atomic E-state index is 5.43. The minimum absolute atomic E-state index is 0.00620. The Morgan fingerprint density at radius 1 is 1.50 bits per heavy atom. The lowest BCUT2D eigenvalue weighted by Gasteiger charge is -1.85. The van der Waals surface area contributed by atoms with E-state index < -0.39 is 0 Å². The van der Waals surface area contributed by atoms with Crippen LogP contribution in [0.3, 0.4) is 0 Å². The molecule has 4 nitrogen and oxygen atoms in total. The van der Waals surface area contributed by atoms with Gasteiger partial charge in [-0.2, -0.15) is 4.98 Å². The molecule has 0 spiro atoms. The molecule has 2 heterocycles. The van der Waals surface area contributed by atoms with Crippen molar-refractivity contribution in [2.45, 2.75) is 0 Å². The van der Waals surface area contributed by atoms with E-state index in [1.165, 1.54) is 6.26 Å². The molecule has 0 aliphatic heterocycles. The predicted octanol–water partition coefficient (Wildman–Crippen LogP) is 2.75. The van der Waals surface area contributed by atoms with Gasteiger partial charge in [0.2, 0.25) is 5.82 Å². The zero-order chi connectivity index (χ0) is 8.55. The quantitative estimate of drug-likeness (QED) is 0.780. The molecule has 0 atom stereocenters. The Bertz CT molecular complexity index is 398. The van der Waals surface area contributed by atoms with Crippen LogP contribution in [0, 0.1) is 0 Å². The summed E-state index contributed by atoms with van der Waals surface area (Å²) < 4.78 is 10.4. The second-order valence-corrected chi connectivity index (χ2v) is 3.15. The minimum Gasteiger partial charge on any atom is -0.460 e. The summed E-state index contributed by atoms with van der Waals surface area (Å²) in [6, 6.07) is 1.74. The fraction of sp³-hybridized carbons (Fsp3) is 0. The van der Waals surface area contributed by atoms with Gasteiger partial charge in [0.05, 0.1) is 10.7 Å². The smallest absolute Gasteiger partial charge is 0.320 e. The van der Waals surface area contributed by atoms with E-state index in [0.717, 1.165) is 4.47 Å². The first-order valence-electron chi connectivity index (χ1n) is 3.00. The third kappa shape index (κ3) is 1.25. The van der Waals surface area contributed by atoms with Crippen molar-refractivity contribution in [1.82, 2.24) is 10.1 Å². The van der Waals surface area contributed by atoms with Crippen LogP contribution in [0.15, 0.2) is 25.7 Å². The molecule has 6 heteroatoms. The summed E-state index contributed by atoms with van der Waals surface area (Å²) in [4.78, 5) is 3.78. The molecule has 2 aromatic heterocycles. The third-order valence-corrected chi connectivity index (χ3v) is 2.00. The fourth-order valence-electron chi connectivity index (χ4n) is 0.751. The molecule has 0 N–H and O–H groups in total. The Kier molecular flexibility index (Phi) is 1.90. The standard InChI is InChI=1S/C6H2BrClN2O2/c7-3-1-2-11-4(3)5-9-6(8)12-10-5/h1-2H. The molecule has 0 bridgehead atoms. The first kappa shape index (κ1) is 7.82. The lowest BCUT2D eigenvalue weighted by Crippen LogP contribution is -1.76. The Morgan fingerprint density at radius 3 is 2.83 bits per heavy atom. The summed E-state index contributed by atoms with van der Waals surface area (Å²) in [6.07, 6.45) is 1.52. The zero-order valence-electron chi connectivity index (χ0n) is 5.62. The molecule has 0 aliphatic carbocycles. The van der Waals surface area contributed by atoms with Gasteiger partial charge in [-0.15, -0.1) is 0 Å². The van der Waals surface area contributed by atoms with Crippen molar-refractivity contribution in [3.8, 4) is 11.6 Å². The van der Waals surface area contributed by atoms with Gasteiger partial charge in [-0.05, 0) is 33.6 Å². The molecule has 0 saturated heterocycles. The molecular formula is C6H2BrClN2O2. The predicted molar refractivity (Wildman–Crippen MR) is 44.7 cm³/mol. The monoisotopic (exact) mass is 248 g/mol. The first-order chi connectivity index (χ1) is 5.77. The number of hydrogen-bond donors (Lipinski definition) is 0. The highest BCUT2D eigenvalue weighted by Crippen LogP contribution is 2.27. The highest BCUT2D eigenvalue weighted by atomic mass is 79.9. The van der Waals surface area contributed by atoms with Gasteiger partial charge in [0.15, 0.2) is 5.76 Å². The molecular weight excluding hydrogens is 247 g/mol. The van der Waals surface area contributed by atoms with Crippen LogP contribution in [-0.2, 0) is 0 Å².